The summed E-state index contributed by atoms with van der Waals surface area (Å²) in [6, 6.07) is -0.0935. The number of ether oxygens (including phenoxy) is 1. The van der Waals surface area contributed by atoms with Crippen molar-refractivity contribution in [2.45, 2.75) is 46.6 Å². The minimum atomic E-state index is -0.480. The number of hydrogen-bond donors (Lipinski definition) is 0. The van der Waals surface area contributed by atoms with Crippen LogP contribution in [0.2, 0.25) is 0 Å². The van der Waals surface area contributed by atoms with Crippen molar-refractivity contribution in [1.29, 1.82) is 0 Å². The van der Waals surface area contributed by atoms with Crippen LogP contribution in [0, 0.1) is 11.8 Å². The van der Waals surface area contributed by atoms with Gasteiger partial charge in [-0.3, -0.25) is 4.79 Å². The van der Waals surface area contributed by atoms with Gasteiger partial charge < -0.3 is 4.74 Å². The Morgan fingerprint density at radius 3 is 2.62 bits per heavy atom. The topological polar surface area (TPSA) is 46.6 Å². The van der Waals surface area contributed by atoms with E-state index in [4.69, 9.17) is 4.74 Å². The Bertz CT molecular complexity index is 275. The highest BCUT2D eigenvalue weighted by Crippen LogP contribution is 2.22. The summed E-state index contributed by atoms with van der Waals surface area (Å²) in [6.07, 6.45) is 0.891. The molecule has 0 aliphatic carbocycles. The molecule has 0 bridgehead atoms. The summed E-state index contributed by atoms with van der Waals surface area (Å²) in [6.45, 7) is 8.39. The zero-order chi connectivity index (χ0) is 12.3. The largest absolute Gasteiger partial charge is 0.447 e. The van der Waals surface area contributed by atoms with Crippen molar-refractivity contribution < 1.29 is 14.3 Å². The average Bonchev–Trinajstić information content (AvgIpc) is 2.59. The molecule has 1 saturated heterocycles. The lowest BCUT2D eigenvalue weighted by Crippen LogP contribution is -2.42. The van der Waals surface area contributed by atoms with Crippen LogP contribution in [0.4, 0.5) is 4.79 Å². The van der Waals surface area contributed by atoms with Gasteiger partial charge in [0.15, 0.2) is 0 Å². The van der Waals surface area contributed by atoms with Crippen LogP contribution >= 0.6 is 0 Å². The first-order valence-corrected chi connectivity index (χ1v) is 5.96. The van der Waals surface area contributed by atoms with Gasteiger partial charge in [0.2, 0.25) is 5.91 Å². The van der Waals surface area contributed by atoms with Crippen LogP contribution in [0.25, 0.3) is 0 Å². The third kappa shape index (κ3) is 2.74. The van der Waals surface area contributed by atoms with Crippen LogP contribution < -0.4 is 0 Å². The fourth-order valence-corrected chi connectivity index (χ4v) is 1.75. The molecule has 2 atom stereocenters. The zero-order valence-corrected chi connectivity index (χ0v) is 10.5. The van der Waals surface area contributed by atoms with Crippen molar-refractivity contribution in [2.75, 3.05) is 6.61 Å². The molecule has 92 valence electrons. The van der Waals surface area contributed by atoms with Crippen LogP contribution in [-0.4, -0.2) is 29.5 Å². The third-order valence-electron chi connectivity index (χ3n) is 3.16. The molecule has 16 heavy (non-hydrogen) atoms. The normalized spacial score (nSPS) is 22.4. The van der Waals surface area contributed by atoms with E-state index in [-0.39, 0.29) is 17.9 Å². The molecule has 2 amide bonds. The summed E-state index contributed by atoms with van der Waals surface area (Å²) in [4.78, 5) is 24.8. The molecule has 4 nitrogen and oxygen atoms in total. The molecule has 0 aromatic rings. The second kappa shape index (κ2) is 5.32. The van der Waals surface area contributed by atoms with E-state index in [2.05, 4.69) is 0 Å². The zero-order valence-electron chi connectivity index (χ0n) is 10.5. The molecule has 1 fully saturated rings. The lowest BCUT2D eigenvalue weighted by Gasteiger charge is -2.23. The third-order valence-corrected chi connectivity index (χ3v) is 3.16. The van der Waals surface area contributed by atoms with Crippen molar-refractivity contribution in [1.82, 2.24) is 4.90 Å². The second-order valence-corrected chi connectivity index (χ2v) is 4.87. The van der Waals surface area contributed by atoms with E-state index < -0.39 is 6.09 Å². The van der Waals surface area contributed by atoms with E-state index in [1.54, 1.807) is 0 Å². The van der Waals surface area contributed by atoms with Crippen molar-refractivity contribution in [3.63, 3.8) is 0 Å². The van der Waals surface area contributed by atoms with Gasteiger partial charge in [-0.05, 0) is 11.8 Å². The predicted octanol–water partition coefficient (Wildman–Crippen LogP) is 2.43. The molecule has 4 heteroatoms. The molecule has 1 heterocycles. The van der Waals surface area contributed by atoms with Gasteiger partial charge in [-0.2, -0.15) is 0 Å². The number of carbonyl (C=O) groups excluding carboxylic acids is 2. The minimum absolute atomic E-state index is 0.0935. The number of nitrogens with zero attached hydrogens (tertiary/aromatic N) is 1. The number of hydrogen-bond acceptors (Lipinski definition) is 3. The van der Waals surface area contributed by atoms with Gasteiger partial charge in [0.25, 0.3) is 0 Å². The lowest BCUT2D eigenvalue weighted by molar-refractivity contribution is -0.130. The van der Waals surface area contributed by atoms with Crippen LogP contribution in [0.15, 0.2) is 0 Å². The Balaban J connectivity index is 2.68. The maximum Gasteiger partial charge on any atom is 0.416 e. The Labute approximate surface area is 96.9 Å². The van der Waals surface area contributed by atoms with E-state index in [9.17, 15) is 9.59 Å². The van der Waals surface area contributed by atoms with Crippen LogP contribution in [0.1, 0.15) is 40.5 Å². The summed E-state index contributed by atoms with van der Waals surface area (Å²) in [5, 5.41) is 0. The first-order valence-electron chi connectivity index (χ1n) is 5.96. The monoisotopic (exact) mass is 227 g/mol. The van der Waals surface area contributed by atoms with E-state index in [0.717, 1.165) is 6.42 Å². The highest BCUT2D eigenvalue weighted by atomic mass is 16.6. The fraction of sp³-hybridized carbons (Fsp3) is 0.833. The number of carbonyl (C=O) groups is 2. The number of rotatable bonds is 4. The molecular weight excluding hydrogens is 206 g/mol. The summed E-state index contributed by atoms with van der Waals surface area (Å²) in [7, 11) is 0. The van der Waals surface area contributed by atoms with E-state index >= 15 is 0 Å². The number of imide groups is 1. The Morgan fingerprint density at radius 1 is 1.50 bits per heavy atom. The van der Waals surface area contributed by atoms with E-state index in [0.29, 0.717) is 18.9 Å². The molecule has 0 N–H and O–H groups in total. The minimum Gasteiger partial charge on any atom is -0.447 e. The first-order chi connectivity index (χ1) is 7.47. The summed E-state index contributed by atoms with van der Waals surface area (Å²) in [5.41, 5.74) is 0. The molecule has 0 aromatic carbocycles. The summed E-state index contributed by atoms with van der Waals surface area (Å²) in [5.74, 6) is 0.455. The molecule has 0 radical (unpaired) electrons. The molecule has 0 spiro atoms. The first kappa shape index (κ1) is 13.0. The number of amides is 2. The van der Waals surface area contributed by atoms with Crippen molar-refractivity contribution in [3.8, 4) is 0 Å². The Morgan fingerprint density at radius 2 is 2.12 bits per heavy atom. The van der Waals surface area contributed by atoms with Gasteiger partial charge in [-0.1, -0.05) is 34.1 Å². The molecule has 1 aliphatic heterocycles. The highest BCUT2D eigenvalue weighted by molar-refractivity contribution is 5.93. The molecule has 0 saturated carbocycles. The highest BCUT2D eigenvalue weighted by Gasteiger charge is 2.39. The van der Waals surface area contributed by atoms with Crippen molar-refractivity contribution in [3.05, 3.63) is 0 Å². The SMILES string of the molecule is CC[C@@H](C)CC(=O)N1C(=O)OC[C@H]1C(C)C. The second-order valence-electron chi connectivity index (χ2n) is 4.87. The average molecular weight is 227 g/mol. The van der Waals surface area contributed by atoms with Crippen molar-refractivity contribution in [2.24, 2.45) is 11.8 Å². The molecule has 1 rings (SSSR count). The van der Waals surface area contributed by atoms with Gasteiger partial charge >= 0.3 is 6.09 Å². The lowest BCUT2D eigenvalue weighted by atomic mass is 10.0. The summed E-state index contributed by atoms with van der Waals surface area (Å²) < 4.78 is 4.94. The Hall–Kier alpha value is -1.06. The van der Waals surface area contributed by atoms with Gasteiger partial charge in [0.05, 0.1) is 6.04 Å². The van der Waals surface area contributed by atoms with Gasteiger partial charge in [-0.25, -0.2) is 9.69 Å². The predicted molar refractivity (Wildman–Crippen MR) is 60.9 cm³/mol. The standard InChI is InChI=1S/C12H21NO3/c1-5-9(4)6-11(14)13-10(8(2)3)7-16-12(13)15/h8-10H,5-7H2,1-4H3/t9-,10+/m1/s1. The molecule has 0 aromatic heterocycles. The molecule has 1 aliphatic rings. The van der Waals surface area contributed by atoms with Crippen LogP contribution in [-0.2, 0) is 9.53 Å². The van der Waals surface area contributed by atoms with Crippen molar-refractivity contribution >= 4 is 12.0 Å². The molecular formula is C12H21NO3. The Kier molecular flexibility index (Phi) is 4.33. The van der Waals surface area contributed by atoms with Crippen LogP contribution in [0.3, 0.4) is 0 Å². The molecule has 0 unspecified atom stereocenters. The smallest absolute Gasteiger partial charge is 0.416 e. The summed E-state index contributed by atoms with van der Waals surface area (Å²) >= 11 is 0. The van der Waals surface area contributed by atoms with Gasteiger partial charge in [-0.15, -0.1) is 0 Å². The van der Waals surface area contributed by atoms with Crippen LogP contribution in [0.5, 0.6) is 0 Å². The number of cyclic esters (lactones) is 1. The van der Waals surface area contributed by atoms with Gasteiger partial charge in [0.1, 0.15) is 6.61 Å². The quantitative estimate of drug-likeness (QED) is 0.741. The van der Waals surface area contributed by atoms with E-state index in [1.807, 2.05) is 27.7 Å². The maximum absolute atomic E-state index is 12.0. The fourth-order valence-electron chi connectivity index (χ4n) is 1.75. The maximum atomic E-state index is 12.0. The van der Waals surface area contributed by atoms with E-state index in [1.165, 1.54) is 4.90 Å². The van der Waals surface area contributed by atoms with Gasteiger partial charge in [0, 0.05) is 6.42 Å².